The fraction of sp³-hybridized carbons (Fsp3) is 0.158. The van der Waals surface area contributed by atoms with E-state index in [0.29, 0.717) is 16.9 Å². The molecule has 2 rings (SSSR count). The van der Waals surface area contributed by atoms with Crippen LogP contribution in [0.5, 0.6) is 5.75 Å². The summed E-state index contributed by atoms with van der Waals surface area (Å²) in [5.41, 5.74) is 0.625. The Bertz CT molecular complexity index is 751. The average molecular weight is 332 g/mol. The number of halogens is 3. The quantitative estimate of drug-likeness (QED) is 0.859. The summed E-state index contributed by atoms with van der Waals surface area (Å²) in [6, 6.07) is 15.0. The third-order valence-electron chi connectivity index (χ3n) is 3.17. The Morgan fingerprint density at radius 1 is 1.08 bits per heavy atom. The lowest BCUT2D eigenvalue weighted by Crippen LogP contribution is -2.29. The fourth-order valence-electron chi connectivity index (χ4n) is 1.91. The van der Waals surface area contributed by atoms with Crippen LogP contribution in [0.2, 0.25) is 0 Å². The minimum atomic E-state index is -4.79. The van der Waals surface area contributed by atoms with Crippen molar-refractivity contribution in [1.29, 1.82) is 0 Å². The minimum Gasteiger partial charge on any atom is -0.497 e. The van der Waals surface area contributed by atoms with Crippen LogP contribution in [-0.2, 0) is 0 Å². The maximum atomic E-state index is 12.9. The molecule has 2 aromatic carbocycles. The molecular formula is C19H15F3O2. The molecule has 0 aliphatic carbocycles. The van der Waals surface area contributed by atoms with Gasteiger partial charge in [0.05, 0.1) is 7.11 Å². The lowest BCUT2D eigenvalue weighted by Gasteiger charge is -2.14. The van der Waals surface area contributed by atoms with Gasteiger partial charge in [0.15, 0.2) is 6.10 Å². The molecule has 5 heteroatoms. The number of benzene rings is 2. The van der Waals surface area contributed by atoms with Crippen molar-refractivity contribution in [2.45, 2.75) is 12.3 Å². The fourth-order valence-corrected chi connectivity index (χ4v) is 1.91. The molecule has 0 amide bonds. The van der Waals surface area contributed by atoms with E-state index in [-0.39, 0.29) is 0 Å². The second-order valence-electron chi connectivity index (χ2n) is 4.93. The first-order chi connectivity index (χ1) is 11.4. The van der Waals surface area contributed by atoms with Gasteiger partial charge in [0, 0.05) is 11.1 Å². The summed E-state index contributed by atoms with van der Waals surface area (Å²) >= 11 is 0. The molecule has 2 aromatic rings. The summed E-state index contributed by atoms with van der Waals surface area (Å²) in [6.07, 6.45) is -6.21. The Morgan fingerprint density at radius 3 is 2.25 bits per heavy atom. The second kappa shape index (κ2) is 7.71. The van der Waals surface area contributed by atoms with Crippen molar-refractivity contribution in [2.75, 3.05) is 7.11 Å². The van der Waals surface area contributed by atoms with Gasteiger partial charge in [-0.05, 0) is 35.9 Å². The van der Waals surface area contributed by atoms with E-state index in [1.165, 1.54) is 13.2 Å². The molecule has 0 saturated carbocycles. The van der Waals surface area contributed by atoms with E-state index < -0.39 is 17.9 Å². The van der Waals surface area contributed by atoms with Crippen LogP contribution in [0.3, 0.4) is 0 Å². The third-order valence-corrected chi connectivity index (χ3v) is 3.17. The van der Waals surface area contributed by atoms with Gasteiger partial charge >= 0.3 is 6.18 Å². The van der Waals surface area contributed by atoms with Crippen molar-refractivity contribution in [1.82, 2.24) is 0 Å². The van der Waals surface area contributed by atoms with Crippen molar-refractivity contribution in [3.63, 3.8) is 0 Å². The van der Waals surface area contributed by atoms with Crippen LogP contribution in [0.1, 0.15) is 11.1 Å². The van der Waals surface area contributed by atoms with Crippen molar-refractivity contribution >= 4 is 6.08 Å². The molecule has 0 radical (unpaired) electrons. The molecule has 0 aliphatic rings. The highest BCUT2D eigenvalue weighted by Gasteiger charge is 2.40. The summed E-state index contributed by atoms with van der Waals surface area (Å²) in [7, 11) is 1.50. The Labute approximate surface area is 138 Å². The zero-order valence-corrected chi connectivity index (χ0v) is 12.8. The third kappa shape index (κ3) is 4.90. The van der Waals surface area contributed by atoms with Crippen molar-refractivity contribution in [2.24, 2.45) is 0 Å². The van der Waals surface area contributed by atoms with Gasteiger partial charge in [-0.1, -0.05) is 42.2 Å². The van der Waals surface area contributed by atoms with Crippen LogP contribution in [0.4, 0.5) is 13.2 Å². The molecule has 2 nitrogen and oxygen atoms in total. The van der Waals surface area contributed by atoms with Gasteiger partial charge in [-0.15, -0.1) is 0 Å². The minimum absolute atomic E-state index is 0.420. The maximum absolute atomic E-state index is 12.9. The highest BCUT2D eigenvalue weighted by Crippen LogP contribution is 2.26. The Kier molecular flexibility index (Phi) is 5.67. The van der Waals surface area contributed by atoms with Crippen LogP contribution in [-0.4, -0.2) is 24.5 Å². The number of aliphatic hydroxyl groups excluding tert-OH is 1. The van der Waals surface area contributed by atoms with E-state index >= 15 is 0 Å². The van der Waals surface area contributed by atoms with Crippen LogP contribution in [0, 0.1) is 11.8 Å². The summed E-state index contributed by atoms with van der Waals surface area (Å²) in [6.45, 7) is 0. The zero-order valence-electron chi connectivity index (χ0n) is 12.8. The topological polar surface area (TPSA) is 29.5 Å². The number of methoxy groups -OCH3 is 1. The Hall–Kier alpha value is -2.71. The van der Waals surface area contributed by atoms with Gasteiger partial charge in [-0.25, -0.2) is 0 Å². The number of hydrogen-bond donors (Lipinski definition) is 1. The van der Waals surface area contributed by atoms with Gasteiger partial charge in [0.2, 0.25) is 0 Å². The summed E-state index contributed by atoms with van der Waals surface area (Å²) in [5, 5.41) is 9.57. The predicted molar refractivity (Wildman–Crippen MR) is 86.4 cm³/mol. The second-order valence-corrected chi connectivity index (χ2v) is 4.93. The summed E-state index contributed by atoms with van der Waals surface area (Å²) in [5.74, 6) is 5.65. The normalized spacial score (nSPS) is 13.0. The first-order valence-electron chi connectivity index (χ1n) is 7.07. The summed E-state index contributed by atoms with van der Waals surface area (Å²) < 4.78 is 43.6. The first kappa shape index (κ1) is 17.6. The van der Waals surface area contributed by atoms with Crippen molar-refractivity contribution in [3.8, 4) is 17.6 Å². The molecule has 0 aromatic heterocycles. The molecule has 0 heterocycles. The highest BCUT2D eigenvalue weighted by atomic mass is 19.4. The molecule has 0 bridgehead atoms. The van der Waals surface area contributed by atoms with Crippen molar-refractivity contribution < 1.29 is 23.0 Å². The average Bonchev–Trinajstić information content (AvgIpc) is 2.58. The molecule has 0 saturated heterocycles. The molecule has 0 aliphatic heterocycles. The maximum Gasteiger partial charge on any atom is 0.419 e. The number of rotatable bonds is 3. The lowest BCUT2D eigenvalue weighted by molar-refractivity contribution is -0.189. The number of ether oxygens (including phenoxy) is 1. The highest BCUT2D eigenvalue weighted by molar-refractivity contribution is 5.61. The number of aliphatic hydroxyl groups is 1. The molecule has 1 N–H and O–H groups in total. The molecular weight excluding hydrogens is 317 g/mol. The SMILES string of the molecule is COc1ccc(/C=C(\C#Cc2ccccc2)C(O)C(F)(F)F)cc1. The van der Waals surface area contributed by atoms with Crippen LogP contribution in [0.25, 0.3) is 6.08 Å². The van der Waals surface area contributed by atoms with E-state index in [9.17, 15) is 18.3 Å². The van der Waals surface area contributed by atoms with E-state index in [0.717, 1.165) is 0 Å². The van der Waals surface area contributed by atoms with Gasteiger partial charge < -0.3 is 9.84 Å². The summed E-state index contributed by atoms with van der Waals surface area (Å²) in [4.78, 5) is 0. The molecule has 1 unspecified atom stereocenters. The molecule has 24 heavy (non-hydrogen) atoms. The molecule has 1 atom stereocenters. The van der Waals surface area contributed by atoms with Gasteiger partial charge in [0.1, 0.15) is 5.75 Å². The number of hydrogen-bond acceptors (Lipinski definition) is 2. The first-order valence-corrected chi connectivity index (χ1v) is 7.07. The molecule has 124 valence electrons. The van der Waals surface area contributed by atoms with Crippen molar-refractivity contribution in [3.05, 3.63) is 71.3 Å². The zero-order chi connectivity index (χ0) is 17.6. The standard InChI is InChI=1S/C19H15F3O2/c1-24-17-11-8-15(9-12-17)13-16(18(23)19(20,21)22)10-7-14-5-3-2-4-6-14/h2-6,8-9,11-13,18,23H,1H3/b16-13+. The van der Waals surface area contributed by atoms with E-state index in [1.54, 1.807) is 54.6 Å². The van der Waals surface area contributed by atoms with Gasteiger partial charge in [0.25, 0.3) is 0 Å². The molecule has 0 fully saturated rings. The predicted octanol–water partition coefficient (Wildman–Crippen LogP) is 4.05. The molecule has 0 spiro atoms. The van der Waals surface area contributed by atoms with Gasteiger partial charge in [-0.2, -0.15) is 13.2 Å². The Morgan fingerprint density at radius 2 is 1.71 bits per heavy atom. The smallest absolute Gasteiger partial charge is 0.419 e. The largest absolute Gasteiger partial charge is 0.497 e. The lowest BCUT2D eigenvalue weighted by atomic mass is 10.0. The van der Waals surface area contributed by atoms with E-state index in [1.807, 2.05) is 0 Å². The van der Waals surface area contributed by atoms with E-state index in [4.69, 9.17) is 4.74 Å². The van der Waals surface area contributed by atoms with E-state index in [2.05, 4.69) is 11.8 Å². The van der Waals surface area contributed by atoms with Crippen LogP contribution < -0.4 is 4.74 Å². The van der Waals surface area contributed by atoms with Crippen LogP contribution in [0.15, 0.2) is 60.2 Å². The van der Waals surface area contributed by atoms with Gasteiger partial charge in [-0.3, -0.25) is 0 Å². The monoisotopic (exact) mass is 332 g/mol. The Balaban J connectivity index is 2.39. The van der Waals surface area contributed by atoms with Crippen LogP contribution >= 0.6 is 0 Å². The number of alkyl halides is 3.